The summed E-state index contributed by atoms with van der Waals surface area (Å²) in [6, 6.07) is 15.2. The lowest BCUT2D eigenvalue weighted by Gasteiger charge is -2.08. The number of fused-ring (bicyclic) bond motifs is 3. The first-order chi connectivity index (χ1) is 10.2. The van der Waals surface area contributed by atoms with E-state index in [1.807, 2.05) is 0 Å². The summed E-state index contributed by atoms with van der Waals surface area (Å²) in [5.74, 6) is 1.14. The van der Waals surface area contributed by atoms with Gasteiger partial charge in [-0.3, -0.25) is 0 Å². The van der Waals surface area contributed by atoms with Crippen LogP contribution in [-0.4, -0.2) is 0 Å². The van der Waals surface area contributed by atoms with Gasteiger partial charge in [0.25, 0.3) is 0 Å². The van der Waals surface area contributed by atoms with Crippen molar-refractivity contribution in [1.82, 2.24) is 0 Å². The summed E-state index contributed by atoms with van der Waals surface area (Å²) >= 11 is 0. The Morgan fingerprint density at radius 1 is 0.905 bits per heavy atom. The van der Waals surface area contributed by atoms with Gasteiger partial charge in [0.05, 0.1) is 0 Å². The molecule has 0 atom stereocenters. The fraction of sp³-hybridized carbons (Fsp3) is 0.200. The molecule has 0 spiro atoms. The lowest BCUT2D eigenvalue weighted by Crippen LogP contribution is -1.93. The zero-order valence-electron chi connectivity index (χ0n) is 12.4. The van der Waals surface area contributed by atoms with Crippen molar-refractivity contribution in [3.8, 4) is 11.1 Å². The van der Waals surface area contributed by atoms with Crippen LogP contribution in [-0.2, 0) is 6.42 Å². The summed E-state index contributed by atoms with van der Waals surface area (Å²) in [5.41, 5.74) is 7.53. The van der Waals surface area contributed by atoms with Crippen LogP contribution >= 0.6 is 0 Å². The minimum atomic E-state index is 1.00. The van der Waals surface area contributed by atoms with E-state index in [-0.39, 0.29) is 0 Å². The number of furan rings is 1. The SMILES string of the molecule is CC1=Cc2c(oc3ccc(-c4cccc(C)c4)cc23)CC1. The Morgan fingerprint density at radius 2 is 1.76 bits per heavy atom. The van der Waals surface area contributed by atoms with Crippen LogP contribution in [0.5, 0.6) is 0 Å². The molecule has 1 aliphatic rings. The van der Waals surface area contributed by atoms with Gasteiger partial charge in [0.2, 0.25) is 0 Å². The topological polar surface area (TPSA) is 13.1 Å². The van der Waals surface area contributed by atoms with Crippen molar-refractivity contribution in [1.29, 1.82) is 0 Å². The summed E-state index contributed by atoms with van der Waals surface area (Å²) in [4.78, 5) is 0. The summed E-state index contributed by atoms with van der Waals surface area (Å²) < 4.78 is 6.01. The van der Waals surface area contributed by atoms with E-state index in [4.69, 9.17) is 4.42 Å². The predicted molar refractivity (Wildman–Crippen MR) is 88.4 cm³/mol. The molecule has 1 aliphatic carbocycles. The number of allylic oxidation sites excluding steroid dienone is 1. The molecule has 0 saturated heterocycles. The molecule has 2 aromatic carbocycles. The molecule has 0 radical (unpaired) electrons. The van der Waals surface area contributed by atoms with Gasteiger partial charge in [-0.05, 0) is 43.5 Å². The van der Waals surface area contributed by atoms with Crippen molar-refractivity contribution in [3.63, 3.8) is 0 Å². The molecule has 0 saturated carbocycles. The van der Waals surface area contributed by atoms with Gasteiger partial charge in [0, 0.05) is 17.4 Å². The van der Waals surface area contributed by atoms with Crippen LogP contribution in [0.1, 0.15) is 30.2 Å². The zero-order chi connectivity index (χ0) is 14.4. The molecule has 1 aromatic heterocycles. The highest BCUT2D eigenvalue weighted by atomic mass is 16.3. The molecule has 3 aromatic rings. The maximum absolute atomic E-state index is 6.01. The molecule has 4 rings (SSSR count). The maximum Gasteiger partial charge on any atom is 0.134 e. The first-order valence-corrected chi connectivity index (χ1v) is 7.50. The Hall–Kier alpha value is -2.28. The van der Waals surface area contributed by atoms with E-state index >= 15 is 0 Å². The summed E-state index contributed by atoms with van der Waals surface area (Å²) in [7, 11) is 0. The average Bonchev–Trinajstić information content (AvgIpc) is 2.84. The number of aryl methyl sites for hydroxylation is 2. The Bertz CT molecular complexity index is 865. The zero-order valence-corrected chi connectivity index (χ0v) is 12.4. The Kier molecular flexibility index (Phi) is 2.75. The van der Waals surface area contributed by atoms with Gasteiger partial charge in [-0.1, -0.05) is 47.5 Å². The molecule has 104 valence electrons. The van der Waals surface area contributed by atoms with Gasteiger partial charge in [-0.25, -0.2) is 0 Å². The van der Waals surface area contributed by atoms with E-state index in [2.05, 4.69) is 62.4 Å². The van der Waals surface area contributed by atoms with Crippen LogP contribution in [0, 0.1) is 6.92 Å². The van der Waals surface area contributed by atoms with Crippen molar-refractivity contribution in [3.05, 3.63) is 64.9 Å². The van der Waals surface area contributed by atoms with Gasteiger partial charge in [-0.15, -0.1) is 0 Å². The van der Waals surface area contributed by atoms with Crippen molar-refractivity contribution in [2.75, 3.05) is 0 Å². The lowest BCUT2D eigenvalue weighted by atomic mass is 9.95. The molecule has 0 unspecified atom stereocenters. The molecule has 0 bridgehead atoms. The van der Waals surface area contributed by atoms with Crippen molar-refractivity contribution < 1.29 is 4.42 Å². The van der Waals surface area contributed by atoms with Crippen LogP contribution in [0.25, 0.3) is 28.2 Å². The van der Waals surface area contributed by atoms with Crippen molar-refractivity contribution in [2.24, 2.45) is 0 Å². The number of rotatable bonds is 1. The van der Waals surface area contributed by atoms with Gasteiger partial charge >= 0.3 is 0 Å². The third-order valence-electron chi connectivity index (χ3n) is 4.29. The van der Waals surface area contributed by atoms with E-state index in [9.17, 15) is 0 Å². The van der Waals surface area contributed by atoms with Gasteiger partial charge in [0.15, 0.2) is 0 Å². The van der Waals surface area contributed by atoms with Gasteiger partial charge < -0.3 is 4.42 Å². The van der Waals surface area contributed by atoms with Crippen LogP contribution in [0.15, 0.2) is 52.5 Å². The first kappa shape index (κ1) is 12.5. The maximum atomic E-state index is 6.01. The molecule has 1 heteroatoms. The third-order valence-corrected chi connectivity index (χ3v) is 4.29. The summed E-state index contributed by atoms with van der Waals surface area (Å²) in [5, 5.41) is 1.24. The highest BCUT2D eigenvalue weighted by Crippen LogP contribution is 2.35. The van der Waals surface area contributed by atoms with Crippen LogP contribution in [0.4, 0.5) is 0 Å². The third kappa shape index (κ3) is 2.09. The van der Waals surface area contributed by atoms with E-state index < -0.39 is 0 Å². The Balaban J connectivity index is 1.92. The number of benzene rings is 2. The second-order valence-corrected chi connectivity index (χ2v) is 6.01. The highest BCUT2D eigenvalue weighted by molar-refractivity contribution is 5.92. The predicted octanol–water partition coefficient (Wildman–Crippen LogP) is 5.76. The highest BCUT2D eigenvalue weighted by Gasteiger charge is 2.16. The van der Waals surface area contributed by atoms with Gasteiger partial charge in [0.1, 0.15) is 11.3 Å². The van der Waals surface area contributed by atoms with E-state index in [0.29, 0.717) is 0 Å². The molecule has 0 amide bonds. The molecular formula is C20H18O. The minimum Gasteiger partial charge on any atom is -0.460 e. The first-order valence-electron chi connectivity index (χ1n) is 7.50. The molecule has 21 heavy (non-hydrogen) atoms. The number of hydrogen-bond donors (Lipinski definition) is 0. The molecule has 0 aliphatic heterocycles. The summed E-state index contributed by atoms with van der Waals surface area (Å²) in [6.45, 7) is 4.33. The Morgan fingerprint density at radius 3 is 2.62 bits per heavy atom. The quantitative estimate of drug-likeness (QED) is 0.550. The fourth-order valence-electron chi connectivity index (χ4n) is 3.14. The van der Waals surface area contributed by atoms with Crippen molar-refractivity contribution in [2.45, 2.75) is 26.7 Å². The molecule has 0 N–H and O–H groups in total. The van der Waals surface area contributed by atoms with Crippen LogP contribution in [0.3, 0.4) is 0 Å². The standard InChI is InChI=1S/C20H18O/c1-13-4-3-5-15(10-13)16-7-9-20-18(12-16)17-11-14(2)6-8-19(17)21-20/h3-5,7,9-12H,6,8H2,1-2H3. The van der Waals surface area contributed by atoms with Gasteiger partial charge in [-0.2, -0.15) is 0 Å². The Labute approximate surface area is 124 Å². The minimum absolute atomic E-state index is 1.00. The largest absolute Gasteiger partial charge is 0.460 e. The summed E-state index contributed by atoms with van der Waals surface area (Å²) in [6.07, 6.45) is 4.41. The van der Waals surface area contributed by atoms with Crippen LogP contribution in [0.2, 0.25) is 0 Å². The lowest BCUT2D eigenvalue weighted by molar-refractivity contribution is 0.543. The molecule has 1 heterocycles. The van der Waals surface area contributed by atoms with E-state index in [0.717, 1.165) is 24.2 Å². The average molecular weight is 274 g/mol. The second-order valence-electron chi connectivity index (χ2n) is 6.01. The monoisotopic (exact) mass is 274 g/mol. The van der Waals surface area contributed by atoms with Crippen molar-refractivity contribution >= 4 is 17.0 Å². The smallest absolute Gasteiger partial charge is 0.134 e. The van der Waals surface area contributed by atoms with Crippen LogP contribution < -0.4 is 0 Å². The number of hydrogen-bond acceptors (Lipinski definition) is 1. The normalized spacial score (nSPS) is 14.1. The molecular weight excluding hydrogens is 256 g/mol. The fourth-order valence-corrected chi connectivity index (χ4v) is 3.14. The van der Waals surface area contributed by atoms with E-state index in [1.165, 1.54) is 33.2 Å². The molecule has 0 fully saturated rings. The van der Waals surface area contributed by atoms with E-state index in [1.54, 1.807) is 0 Å². The second kappa shape index (κ2) is 4.63. The molecule has 1 nitrogen and oxygen atoms in total.